The summed E-state index contributed by atoms with van der Waals surface area (Å²) in [7, 11) is 1.64. The average Bonchev–Trinajstić information content (AvgIpc) is 2.61. The molecule has 2 aliphatic rings. The molecule has 126 valence electrons. The number of quaternary nitrogens is 1. The van der Waals surface area contributed by atoms with E-state index in [-0.39, 0.29) is 5.91 Å². The van der Waals surface area contributed by atoms with Crippen molar-refractivity contribution in [3.05, 3.63) is 29.8 Å². The molecule has 0 radical (unpaired) electrons. The number of nitrogens with zero attached hydrogens (tertiary/aromatic N) is 1. The summed E-state index contributed by atoms with van der Waals surface area (Å²) in [6.07, 6.45) is 5.50. The highest BCUT2D eigenvalue weighted by Gasteiger charge is 2.32. The van der Waals surface area contributed by atoms with Gasteiger partial charge in [0.05, 0.1) is 39.3 Å². The monoisotopic (exact) mass is 317 g/mol. The summed E-state index contributed by atoms with van der Waals surface area (Å²) in [5.74, 6) is 1.83. The number of amides is 1. The molecule has 1 aromatic rings. The van der Waals surface area contributed by atoms with Gasteiger partial charge in [-0.3, -0.25) is 4.79 Å². The Morgan fingerprint density at radius 2 is 1.87 bits per heavy atom. The second kappa shape index (κ2) is 7.35. The second-order valence-electron chi connectivity index (χ2n) is 7.15. The number of carbonyl (C=O) groups excluding carboxylic acids is 1. The summed E-state index contributed by atoms with van der Waals surface area (Å²) in [6.45, 7) is 6.34. The number of rotatable bonds is 3. The third kappa shape index (κ3) is 3.86. The largest absolute Gasteiger partial charge is 0.497 e. The summed E-state index contributed by atoms with van der Waals surface area (Å²) in [6, 6.07) is 8.26. The van der Waals surface area contributed by atoms with E-state index in [9.17, 15) is 4.79 Å². The van der Waals surface area contributed by atoms with Crippen LogP contribution in [0, 0.1) is 5.92 Å². The first kappa shape index (κ1) is 16.3. The Hall–Kier alpha value is -1.55. The van der Waals surface area contributed by atoms with Crippen LogP contribution < -0.4 is 9.64 Å². The first-order valence-electron chi connectivity index (χ1n) is 8.95. The van der Waals surface area contributed by atoms with Crippen LogP contribution in [-0.2, 0) is 0 Å². The third-order valence-electron chi connectivity index (χ3n) is 5.54. The van der Waals surface area contributed by atoms with Crippen LogP contribution >= 0.6 is 0 Å². The number of benzene rings is 1. The highest BCUT2D eigenvalue weighted by atomic mass is 16.5. The van der Waals surface area contributed by atoms with Crippen LogP contribution in [0.3, 0.4) is 0 Å². The smallest absolute Gasteiger partial charge is 0.254 e. The van der Waals surface area contributed by atoms with Crippen LogP contribution in [0.25, 0.3) is 0 Å². The van der Waals surface area contributed by atoms with E-state index in [1.54, 1.807) is 12.0 Å². The van der Waals surface area contributed by atoms with E-state index in [1.807, 2.05) is 29.2 Å². The lowest BCUT2D eigenvalue weighted by Gasteiger charge is -2.39. The van der Waals surface area contributed by atoms with Crippen molar-refractivity contribution in [2.75, 3.05) is 33.3 Å². The number of methoxy groups -OCH3 is 1. The summed E-state index contributed by atoms with van der Waals surface area (Å²) in [4.78, 5) is 16.3. The third-order valence-corrected chi connectivity index (χ3v) is 5.54. The van der Waals surface area contributed by atoms with Gasteiger partial charge in [-0.1, -0.05) is 13.3 Å². The lowest BCUT2D eigenvalue weighted by Crippen LogP contribution is -3.18. The first-order chi connectivity index (χ1) is 11.2. The molecule has 1 aliphatic heterocycles. The van der Waals surface area contributed by atoms with E-state index in [1.165, 1.54) is 25.7 Å². The van der Waals surface area contributed by atoms with Crippen molar-refractivity contribution in [3.63, 3.8) is 0 Å². The maximum Gasteiger partial charge on any atom is 0.254 e. The molecule has 1 aromatic carbocycles. The molecule has 1 aliphatic carbocycles. The molecule has 23 heavy (non-hydrogen) atoms. The minimum Gasteiger partial charge on any atom is -0.497 e. The Bertz CT molecular complexity index is 521. The van der Waals surface area contributed by atoms with Gasteiger partial charge in [-0.15, -0.1) is 0 Å². The van der Waals surface area contributed by atoms with Gasteiger partial charge in [-0.2, -0.15) is 0 Å². The molecular weight excluding hydrogens is 288 g/mol. The maximum absolute atomic E-state index is 12.6. The minimum absolute atomic E-state index is 0.156. The SMILES string of the molecule is COc1ccc(C(=O)N2CC[NH+]([C@@H]3CCC[C@@H](C)C3)CC2)cc1. The summed E-state index contributed by atoms with van der Waals surface area (Å²) < 4.78 is 5.16. The summed E-state index contributed by atoms with van der Waals surface area (Å²) in [5, 5.41) is 0. The van der Waals surface area contributed by atoms with Crippen molar-refractivity contribution in [1.29, 1.82) is 0 Å². The first-order valence-corrected chi connectivity index (χ1v) is 8.95. The van der Waals surface area contributed by atoms with E-state index in [4.69, 9.17) is 4.74 Å². The standard InChI is InChI=1S/C19H28N2O2/c1-15-4-3-5-17(14-15)20-10-12-21(13-11-20)19(22)16-6-8-18(23-2)9-7-16/h6-9,15,17H,3-5,10-14H2,1-2H3/p+1/t15-,17-/m1/s1. The molecule has 2 fully saturated rings. The zero-order valence-electron chi connectivity index (χ0n) is 14.4. The van der Waals surface area contributed by atoms with Gasteiger partial charge in [-0.25, -0.2) is 0 Å². The Balaban J connectivity index is 1.54. The number of ether oxygens (including phenoxy) is 1. The van der Waals surface area contributed by atoms with Gasteiger partial charge in [-0.05, 0) is 43.0 Å². The molecule has 0 spiro atoms. The van der Waals surface area contributed by atoms with Crippen LogP contribution in [0.4, 0.5) is 0 Å². The normalized spacial score (nSPS) is 26.1. The van der Waals surface area contributed by atoms with Crippen molar-refractivity contribution >= 4 is 5.91 Å². The van der Waals surface area contributed by atoms with Crippen LogP contribution in [0.2, 0.25) is 0 Å². The quantitative estimate of drug-likeness (QED) is 0.919. The van der Waals surface area contributed by atoms with Gasteiger partial charge in [0.25, 0.3) is 5.91 Å². The van der Waals surface area contributed by atoms with Gasteiger partial charge < -0.3 is 14.5 Å². The van der Waals surface area contributed by atoms with Gasteiger partial charge in [0, 0.05) is 12.0 Å². The average molecular weight is 317 g/mol. The fraction of sp³-hybridized carbons (Fsp3) is 0.632. The van der Waals surface area contributed by atoms with E-state index in [2.05, 4.69) is 6.92 Å². The van der Waals surface area contributed by atoms with Crippen molar-refractivity contribution in [2.24, 2.45) is 5.92 Å². The molecule has 1 saturated heterocycles. The van der Waals surface area contributed by atoms with Crippen LogP contribution in [0.1, 0.15) is 43.0 Å². The Morgan fingerprint density at radius 3 is 2.48 bits per heavy atom. The Morgan fingerprint density at radius 1 is 1.17 bits per heavy atom. The number of carbonyl (C=O) groups is 1. The van der Waals surface area contributed by atoms with Crippen molar-refractivity contribution < 1.29 is 14.4 Å². The molecule has 1 saturated carbocycles. The fourth-order valence-corrected chi connectivity index (χ4v) is 4.13. The van der Waals surface area contributed by atoms with Crippen molar-refractivity contribution in [2.45, 2.75) is 38.6 Å². The Kier molecular flexibility index (Phi) is 5.21. The van der Waals surface area contributed by atoms with Gasteiger partial charge in [0.2, 0.25) is 0 Å². The predicted molar refractivity (Wildman–Crippen MR) is 91.0 cm³/mol. The molecule has 4 heteroatoms. The number of nitrogens with one attached hydrogen (secondary N) is 1. The highest BCUT2D eigenvalue weighted by molar-refractivity contribution is 5.94. The van der Waals surface area contributed by atoms with Gasteiger partial charge in [0.1, 0.15) is 5.75 Å². The maximum atomic E-state index is 12.6. The molecule has 1 N–H and O–H groups in total. The lowest BCUT2D eigenvalue weighted by molar-refractivity contribution is -0.930. The van der Waals surface area contributed by atoms with E-state index >= 15 is 0 Å². The van der Waals surface area contributed by atoms with E-state index in [0.29, 0.717) is 0 Å². The van der Waals surface area contributed by atoms with Crippen LogP contribution in [0.15, 0.2) is 24.3 Å². The van der Waals surface area contributed by atoms with Crippen molar-refractivity contribution in [1.82, 2.24) is 4.90 Å². The molecular formula is C19H29N2O2+. The molecule has 0 bridgehead atoms. The van der Waals surface area contributed by atoms with E-state index < -0.39 is 0 Å². The molecule has 1 amide bonds. The molecule has 0 aromatic heterocycles. The number of piperazine rings is 1. The highest BCUT2D eigenvalue weighted by Crippen LogP contribution is 2.22. The fourth-order valence-electron chi connectivity index (χ4n) is 4.13. The second-order valence-corrected chi connectivity index (χ2v) is 7.15. The number of hydrogen-bond acceptors (Lipinski definition) is 2. The predicted octanol–water partition coefficient (Wildman–Crippen LogP) is 1.61. The minimum atomic E-state index is 0.156. The van der Waals surface area contributed by atoms with Gasteiger partial charge in [0.15, 0.2) is 0 Å². The topological polar surface area (TPSA) is 34.0 Å². The zero-order valence-corrected chi connectivity index (χ0v) is 14.4. The van der Waals surface area contributed by atoms with Crippen LogP contribution in [0.5, 0.6) is 5.75 Å². The molecule has 1 heterocycles. The van der Waals surface area contributed by atoms with Gasteiger partial charge >= 0.3 is 0 Å². The van der Waals surface area contributed by atoms with E-state index in [0.717, 1.165) is 49.5 Å². The molecule has 2 atom stereocenters. The zero-order chi connectivity index (χ0) is 16.2. The molecule has 4 nitrogen and oxygen atoms in total. The number of hydrogen-bond donors (Lipinski definition) is 1. The van der Waals surface area contributed by atoms with Crippen molar-refractivity contribution in [3.8, 4) is 5.75 Å². The Labute approximate surface area is 139 Å². The lowest BCUT2D eigenvalue weighted by atomic mass is 9.86. The molecule has 0 unspecified atom stereocenters. The molecule has 3 rings (SSSR count). The van der Waals surface area contributed by atoms with Crippen LogP contribution in [-0.4, -0.2) is 50.1 Å². The summed E-state index contributed by atoms with van der Waals surface area (Å²) in [5.41, 5.74) is 0.764. The summed E-state index contributed by atoms with van der Waals surface area (Å²) >= 11 is 0.